The van der Waals surface area contributed by atoms with Crippen molar-refractivity contribution in [2.24, 2.45) is 11.8 Å². The molecule has 2 aromatic carbocycles. The molecule has 4 heterocycles. The summed E-state index contributed by atoms with van der Waals surface area (Å²) >= 11 is 0. The van der Waals surface area contributed by atoms with Crippen LogP contribution in [0.5, 0.6) is 0 Å². The summed E-state index contributed by atoms with van der Waals surface area (Å²) in [6.45, 7) is 4.56. The van der Waals surface area contributed by atoms with E-state index in [9.17, 15) is 9.59 Å². The molecule has 2 aromatic rings. The molecule has 2 bridgehead atoms. The maximum Gasteiger partial charge on any atom is 0.226 e. The Morgan fingerprint density at radius 3 is 1.61 bits per heavy atom. The fourth-order valence-corrected chi connectivity index (χ4v) is 10.0. The van der Waals surface area contributed by atoms with E-state index in [4.69, 9.17) is 0 Å². The highest BCUT2D eigenvalue weighted by Crippen LogP contribution is 2.49. The van der Waals surface area contributed by atoms with Gasteiger partial charge in [-0.05, 0) is 119 Å². The monoisotopic (exact) mass is 630 g/mol. The third-order valence-corrected chi connectivity index (χ3v) is 12.7. The Labute approximate surface area is 277 Å². The Morgan fingerprint density at radius 2 is 1.11 bits per heavy atom. The summed E-state index contributed by atoms with van der Waals surface area (Å²) in [6.07, 6.45) is 15.5. The fourth-order valence-electron chi connectivity index (χ4n) is 10.0. The van der Waals surface area contributed by atoms with Crippen LogP contribution in [0, 0.1) is 11.8 Å². The number of fused-ring (bicyclic) bond motifs is 6. The van der Waals surface area contributed by atoms with Crippen molar-refractivity contribution in [2.75, 3.05) is 50.1 Å². The van der Waals surface area contributed by atoms with Crippen LogP contribution in [0.4, 0.5) is 11.4 Å². The number of piperidine rings is 2. The second-order valence-corrected chi connectivity index (χ2v) is 15.0. The number of para-hydroxylation sites is 2. The number of anilines is 2. The minimum atomic E-state index is 0. The summed E-state index contributed by atoms with van der Waals surface area (Å²) in [6, 6.07) is 18.0. The van der Waals surface area contributed by atoms with E-state index in [1.807, 2.05) is 30.0 Å². The first kappa shape index (κ1) is 34.6. The Bertz CT molecular complexity index is 1350. The molecule has 2 aliphatic carbocycles. The molecule has 4 aliphatic heterocycles. The molecule has 4 fully saturated rings. The van der Waals surface area contributed by atoms with Crippen molar-refractivity contribution in [3.63, 3.8) is 0 Å². The van der Waals surface area contributed by atoms with E-state index in [1.54, 1.807) is 0 Å². The summed E-state index contributed by atoms with van der Waals surface area (Å²) in [4.78, 5) is 31.2. The molecule has 7 heteroatoms. The molecule has 2 unspecified atom stereocenters. The van der Waals surface area contributed by atoms with Crippen LogP contribution in [-0.2, 0) is 20.4 Å². The zero-order valence-corrected chi connectivity index (χ0v) is 27.5. The van der Waals surface area contributed by atoms with Gasteiger partial charge in [0.2, 0.25) is 11.8 Å². The van der Waals surface area contributed by atoms with Crippen LogP contribution in [0.3, 0.4) is 0 Å². The molecule has 2 amide bonds. The Balaban J connectivity index is 0.000000185. The molecule has 0 aromatic heterocycles. The number of rotatable bonds is 1. The predicted octanol–water partition coefficient (Wildman–Crippen LogP) is 6.23. The first-order valence-electron chi connectivity index (χ1n) is 17.5. The minimum absolute atomic E-state index is 0. The van der Waals surface area contributed by atoms with Gasteiger partial charge in [0.15, 0.2) is 0 Å². The summed E-state index contributed by atoms with van der Waals surface area (Å²) in [5.41, 5.74) is 5.49. The second kappa shape index (κ2) is 14.2. The van der Waals surface area contributed by atoms with Crippen LogP contribution in [0.1, 0.15) is 102 Å². The van der Waals surface area contributed by atoms with Crippen molar-refractivity contribution in [3.05, 3.63) is 59.7 Å². The molecule has 7 nitrogen and oxygen atoms in total. The van der Waals surface area contributed by atoms with Crippen LogP contribution in [0.15, 0.2) is 48.5 Å². The van der Waals surface area contributed by atoms with E-state index in [-0.39, 0.29) is 35.5 Å². The smallest absolute Gasteiger partial charge is 0.226 e. The van der Waals surface area contributed by atoms with Crippen molar-refractivity contribution in [3.8, 4) is 0 Å². The number of amides is 2. The number of benzene rings is 2. The average Bonchev–Trinajstić information content (AvgIpc) is 3.33. The number of nitrogens with one attached hydrogen (secondary N) is 1. The van der Waals surface area contributed by atoms with Crippen molar-refractivity contribution in [2.45, 2.75) is 108 Å². The van der Waals surface area contributed by atoms with Crippen LogP contribution >= 0.6 is 0 Å². The van der Waals surface area contributed by atoms with E-state index in [2.05, 4.69) is 52.7 Å². The minimum Gasteiger partial charge on any atom is -0.412 e. The van der Waals surface area contributed by atoms with Crippen molar-refractivity contribution < 1.29 is 15.1 Å². The van der Waals surface area contributed by atoms with E-state index in [0.29, 0.717) is 12.8 Å². The van der Waals surface area contributed by atoms with Gasteiger partial charge >= 0.3 is 0 Å². The van der Waals surface area contributed by atoms with Gasteiger partial charge in [0.25, 0.3) is 0 Å². The SMILES string of the molecule is C.CN1C(=O)CCC2(CCN(C3CC4CCC(C4)C3)CC2)c2ccccc21.CN1C(=O)CCC2(CCNCC2)c2ccccc21.O. The molecule has 2 atom stereocenters. The summed E-state index contributed by atoms with van der Waals surface area (Å²) in [5, 5.41) is 3.43. The molecule has 2 saturated carbocycles. The maximum atomic E-state index is 12.5. The highest BCUT2D eigenvalue weighted by atomic mass is 16.2. The molecular formula is C39H58N4O3. The molecule has 8 rings (SSSR count). The standard InChI is InChI=1S/C23H32N2O.C15H20N2O.CH4.H2O/c1-24-21-5-3-2-4-20(21)23(9-8-22(24)26)10-12-25(13-11-23)19-15-17-6-7-18(14-17)16-19;1-17-13-5-3-2-4-12(13)15(7-6-14(17)18)8-10-16-11-9-15;;/h2-5,17-19H,6-16H2,1H3;2-5,16H,6-11H2,1H3;1H4;1H2. The number of carbonyl (C=O) groups is 2. The molecule has 6 aliphatic rings. The van der Waals surface area contributed by atoms with Crippen molar-refractivity contribution >= 4 is 23.2 Å². The largest absolute Gasteiger partial charge is 0.412 e. The molecular weight excluding hydrogens is 572 g/mol. The van der Waals surface area contributed by atoms with E-state index < -0.39 is 0 Å². The van der Waals surface area contributed by atoms with E-state index in [0.717, 1.165) is 68.0 Å². The number of hydrogen-bond donors (Lipinski definition) is 1. The van der Waals surface area contributed by atoms with Gasteiger partial charge in [-0.2, -0.15) is 0 Å². The topological polar surface area (TPSA) is 87.4 Å². The van der Waals surface area contributed by atoms with Crippen molar-refractivity contribution in [1.82, 2.24) is 10.2 Å². The number of nitrogens with zero attached hydrogens (tertiary/aromatic N) is 3. The Kier molecular flexibility index (Phi) is 10.7. The number of carbonyl (C=O) groups excluding carboxylic acids is 2. The van der Waals surface area contributed by atoms with E-state index in [1.165, 1.54) is 69.2 Å². The van der Waals surface area contributed by atoms with Crippen LogP contribution in [0.2, 0.25) is 0 Å². The summed E-state index contributed by atoms with van der Waals surface area (Å²) in [7, 11) is 3.86. The zero-order valence-electron chi connectivity index (χ0n) is 27.5. The normalized spacial score (nSPS) is 28.1. The Morgan fingerprint density at radius 1 is 0.652 bits per heavy atom. The first-order valence-corrected chi connectivity index (χ1v) is 17.5. The highest BCUT2D eigenvalue weighted by Gasteiger charge is 2.44. The van der Waals surface area contributed by atoms with Crippen LogP contribution in [-0.4, -0.2) is 68.5 Å². The first-order chi connectivity index (χ1) is 21.4. The van der Waals surface area contributed by atoms with Gasteiger partial charge < -0.3 is 25.5 Å². The van der Waals surface area contributed by atoms with Crippen LogP contribution in [0.25, 0.3) is 0 Å². The summed E-state index contributed by atoms with van der Waals surface area (Å²) in [5.74, 6) is 2.55. The number of likely N-dealkylation sites (tertiary alicyclic amines) is 1. The lowest BCUT2D eigenvalue weighted by atomic mass is 9.69. The Hall–Kier alpha value is -2.74. The zero-order chi connectivity index (χ0) is 30.3. The lowest BCUT2D eigenvalue weighted by Crippen LogP contribution is -2.48. The maximum absolute atomic E-state index is 12.5. The second-order valence-electron chi connectivity index (χ2n) is 15.0. The molecule has 2 saturated heterocycles. The quantitative estimate of drug-likeness (QED) is 0.405. The van der Waals surface area contributed by atoms with Gasteiger partial charge in [0.1, 0.15) is 0 Å². The fraction of sp³-hybridized carbons (Fsp3) is 0.641. The van der Waals surface area contributed by atoms with Gasteiger partial charge in [0.05, 0.1) is 0 Å². The molecule has 3 N–H and O–H groups in total. The van der Waals surface area contributed by atoms with Gasteiger partial charge in [-0.25, -0.2) is 0 Å². The van der Waals surface area contributed by atoms with Gasteiger partial charge in [-0.3, -0.25) is 9.59 Å². The van der Waals surface area contributed by atoms with Crippen LogP contribution < -0.4 is 15.1 Å². The average molecular weight is 631 g/mol. The summed E-state index contributed by atoms with van der Waals surface area (Å²) < 4.78 is 0. The van der Waals surface area contributed by atoms with E-state index >= 15 is 0 Å². The van der Waals surface area contributed by atoms with Crippen molar-refractivity contribution in [1.29, 1.82) is 0 Å². The third kappa shape index (κ3) is 6.40. The molecule has 46 heavy (non-hydrogen) atoms. The van der Waals surface area contributed by atoms with Gasteiger partial charge in [-0.1, -0.05) is 56.7 Å². The molecule has 0 radical (unpaired) electrons. The van der Waals surface area contributed by atoms with Gasteiger partial charge in [0, 0.05) is 55.2 Å². The molecule has 2 spiro atoms. The van der Waals surface area contributed by atoms with Gasteiger partial charge in [-0.15, -0.1) is 0 Å². The molecule has 252 valence electrons. The third-order valence-electron chi connectivity index (χ3n) is 12.7. The lowest BCUT2D eigenvalue weighted by molar-refractivity contribution is -0.119. The number of hydrogen-bond acceptors (Lipinski definition) is 4. The predicted molar refractivity (Wildman–Crippen MR) is 189 cm³/mol. The highest BCUT2D eigenvalue weighted by molar-refractivity contribution is 5.95. The lowest BCUT2D eigenvalue weighted by Gasteiger charge is -2.46.